The summed E-state index contributed by atoms with van der Waals surface area (Å²) in [4.78, 5) is 7.66. The van der Waals surface area contributed by atoms with Gasteiger partial charge in [0.25, 0.3) is 0 Å². The fourth-order valence-corrected chi connectivity index (χ4v) is 4.22. The summed E-state index contributed by atoms with van der Waals surface area (Å²) in [6.45, 7) is 9.61. The Morgan fingerprint density at radius 1 is 1.29 bits per heavy atom. The van der Waals surface area contributed by atoms with E-state index in [1.54, 1.807) is 0 Å². The summed E-state index contributed by atoms with van der Waals surface area (Å²) in [7, 11) is 0. The smallest absolute Gasteiger partial charge is 0.0593 e. The first-order valence-corrected chi connectivity index (χ1v) is 8.86. The Morgan fingerprint density at radius 2 is 2.10 bits per heavy atom. The number of aryl methyl sites for hydroxylation is 1. The zero-order valence-corrected chi connectivity index (χ0v) is 14.1. The third-order valence-electron chi connectivity index (χ3n) is 4.36. The third-order valence-corrected chi connectivity index (χ3v) is 5.43. The van der Waals surface area contributed by atoms with Crippen LogP contribution in [0.5, 0.6) is 0 Å². The van der Waals surface area contributed by atoms with Crippen molar-refractivity contribution in [2.75, 3.05) is 39.3 Å². The lowest BCUT2D eigenvalue weighted by Gasteiger charge is -2.34. The van der Waals surface area contributed by atoms with E-state index in [0.717, 1.165) is 45.6 Å². The van der Waals surface area contributed by atoms with Gasteiger partial charge in [-0.25, -0.2) is 0 Å². The minimum absolute atomic E-state index is 0.187. The highest BCUT2D eigenvalue weighted by Gasteiger charge is 2.28. The summed E-state index contributed by atoms with van der Waals surface area (Å²) in [6, 6.07) is 4.97. The Labute approximate surface area is 132 Å². The van der Waals surface area contributed by atoms with E-state index in [2.05, 4.69) is 35.8 Å². The Balaban J connectivity index is 2.10. The maximum atomic E-state index is 9.12. The third kappa shape index (κ3) is 4.50. The molecule has 1 saturated heterocycles. The van der Waals surface area contributed by atoms with Crippen molar-refractivity contribution in [3.63, 3.8) is 0 Å². The van der Waals surface area contributed by atoms with Gasteiger partial charge < -0.3 is 10.8 Å². The zero-order valence-electron chi connectivity index (χ0n) is 13.3. The number of aliphatic hydroxyl groups excluding tert-OH is 1. The van der Waals surface area contributed by atoms with E-state index in [1.807, 2.05) is 11.3 Å². The van der Waals surface area contributed by atoms with E-state index in [4.69, 9.17) is 10.8 Å². The minimum atomic E-state index is 0.187. The minimum Gasteiger partial charge on any atom is -0.395 e. The van der Waals surface area contributed by atoms with Crippen LogP contribution in [0.4, 0.5) is 0 Å². The summed E-state index contributed by atoms with van der Waals surface area (Å²) in [6.07, 6.45) is 2.15. The molecule has 2 rings (SSSR count). The molecular weight excluding hydrogens is 282 g/mol. The zero-order chi connectivity index (χ0) is 15.2. The van der Waals surface area contributed by atoms with Crippen molar-refractivity contribution in [2.45, 2.75) is 38.8 Å². The topological polar surface area (TPSA) is 52.7 Å². The van der Waals surface area contributed by atoms with Crippen LogP contribution in [0.1, 0.15) is 35.6 Å². The summed E-state index contributed by atoms with van der Waals surface area (Å²) in [5, 5.41) is 9.12. The summed E-state index contributed by atoms with van der Waals surface area (Å²) in [5.41, 5.74) is 6.45. The molecule has 1 aliphatic rings. The van der Waals surface area contributed by atoms with Gasteiger partial charge in [-0.05, 0) is 38.4 Å². The molecule has 0 bridgehead atoms. The van der Waals surface area contributed by atoms with Gasteiger partial charge in [-0.2, -0.15) is 0 Å². The Morgan fingerprint density at radius 3 is 2.71 bits per heavy atom. The van der Waals surface area contributed by atoms with Crippen molar-refractivity contribution < 1.29 is 5.11 Å². The second-order valence-electron chi connectivity index (χ2n) is 5.92. The number of nitrogens with zero attached hydrogens (tertiary/aromatic N) is 2. The van der Waals surface area contributed by atoms with Crippen LogP contribution in [0, 0.1) is 6.92 Å². The Bertz CT molecular complexity index is 423. The van der Waals surface area contributed by atoms with Crippen LogP contribution in [0.3, 0.4) is 0 Å². The van der Waals surface area contributed by atoms with Crippen LogP contribution >= 0.6 is 11.3 Å². The van der Waals surface area contributed by atoms with Crippen molar-refractivity contribution in [2.24, 2.45) is 5.73 Å². The first-order chi connectivity index (χ1) is 10.2. The van der Waals surface area contributed by atoms with E-state index in [-0.39, 0.29) is 12.6 Å². The molecule has 2 atom stereocenters. The number of hydrogen-bond acceptors (Lipinski definition) is 5. The van der Waals surface area contributed by atoms with Gasteiger partial charge in [0.15, 0.2) is 0 Å². The predicted octanol–water partition coefficient (Wildman–Crippen LogP) is 1.83. The molecule has 120 valence electrons. The van der Waals surface area contributed by atoms with Gasteiger partial charge in [0, 0.05) is 42.0 Å². The van der Waals surface area contributed by atoms with Crippen molar-refractivity contribution in [1.82, 2.24) is 9.80 Å². The van der Waals surface area contributed by atoms with E-state index in [1.165, 1.54) is 9.75 Å². The molecular formula is C16H29N3OS. The van der Waals surface area contributed by atoms with Crippen LogP contribution in [-0.4, -0.2) is 60.3 Å². The van der Waals surface area contributed by atoms with Crippen LogP contribution in [0.15, 0.2) is 12.1 Å². The second kappa shape index (κ2) is 8.25. The van der Waals surface area contributed by atoms with E-state index in [9.17, 15) is 0 Å². The van der Waals surface area contributed by atoms with Gasteiger partial charge >= 0.3 is 0 Å². The molecule has 21 heavy (non-hydrogen) atoms. The Kier molecular flexibility index (Phi) is 6.64. The molecule has 0 aromatic carbocycles. The number of hydrogen-bond donors (Lipinski definition) is 2. The maximum absolute atomic E-state index is 9.12. The van der Waals surface area contributed by atoms with Crippen LogP contribution in [0.25, 0.3) is 0 Å². The number of thiophene rings is 1. The molecule has 3 N–H and O–H groups in total. The summed E-state index contributed by atoms with van der Waals surface area (Å²) < 4.78 is 0. The molecule has 0 spiro atoms. The molecule has 2 unspecified atom stereocenters. The monoisotopic (exact) mass is 311 g/mol. The number of nitrogens with two attached hydrogens (primary N) is 1. The van der Waals surface area contributed by atoms with Gasteiger partial charge in [-0.1, -0.05) is 6.92 Å². The van der Waals surface area contributed by atoms with Gasteiger partial charge in [0.05, 0.1) is 12.6 Å². The lowest BCUT2D eigenvalue weighted by atomic mass is 10.0. The summed E-state index contributed by atoms with van der Waals surface area (Å²) in [5.74, 6) is 0. The first-order valence-electron chi connectivity index (χ1n) is 8.05. The van der Waals surface area contributed by atoms with Crippen molar-refractivity contribution in [1.29, 1.82) is 0 Å². The quantitative estimate of drug-likeness (QED) is 0.842. The van der Waals surface area contributed by atoms with E-state index >= 15 is 0 Å². The predicted molar refractivity (Wildman–Crippen MR) is 89.8 cm³/mol. The molecule has 5 heteroatoms. The molecule has 4 nitrogen and oxygen atoms in total. The van der Waals surface area contributed by atoms with E-state index in [0.29, 0.717) is 6.04 Å². The highest BCUT2D eigenvalue weighted by atomic mass is 32.1. The lowest BCUT2D eigenvalue weighted by molar-refractivity contribution is 0.166. The normalized spacial score (nSPS) is 21.1. The largest absolute Gasteiger partial charge is 0.395 e. The van der Waals surface area contributed by atoms with Gasteiger partial charge in [0.2, 0.25) is 0 Å². The molecule has 1 aromatic rings. The molecule has 0 radical (unpaired) electrons. The highest BCUT2D eigenvalue weighted by Crippen LogP contribution is 2.31. The SMILES string of the molecule is CCC(N)C(c1ccc(C)s1)N1CCCN(CCO)CC1. The molecule has 0 amide bonds. The molecule has 1 fully saturated rings. The first kappa shape index (κ1) is 16.9. The fourth-order valence-electron chi connectivity index (χ4n) is 3.13. The number of rotatable bonds is 6. The van der Waals surface area contributed by atoms with Gasteiger partial charge in [-0.3, -0.25) is 9.80 Å². The van der Waals surface area contributed by atoms with E-state index < -0.39 is 0 Å². The van der Waals surface area contributed by atoms with Crippen molar-refractivity contribution >= 4 is 11.3 Å². The lowest BCUT2D eigenvalue weighted by Crippen LogP contribution is -2.42. The molecule has 0 saturated carbocycles. The van der Waals surface area contributed by atoms with Crippen molar-refractivity contribution in [3.05, 3.63) is 21.9 Å². The number of aliphatic hydroxyl groups is 1. The molecule has 2 heterocycles. The molecule has 0 aliphatic carbocycles. The van der Waals surface area contributed by atoms with Crippen LogP contribution < -0.4 is 5.73 Å². The average molecular weight is 311 g/mol. The van der Waals surface area contributed by atoms with Crippen molar-refractivity contribution in [3.8, 4) is 0 Å². The van der Waals surface area contributed by atoms with Crippen LogP contribution in [0.2, 0.25) is 0 Å². The van der Waals surface area contributed by atoms with Crippen LogP contribution in [-0.2, 0) is 0 Å². The summed E-state index contributed by atoms with van der Waals surface area (Å²) >= 11 is 1.88. The average Bonchev–Trinajstić information content (AvgIpc) is 2.76. The standard InChI is InChI=1S/C16H29N3OS/c1-3-14(17)16(15-6-5-13(2)21-15)19-8-4-7-18(9-10-19)11-12-20/h5-6,14,16,20H,3-4,7-12,17H2,1-2H3. The molecule has 1 aromatic heterocycles. The Hall–Kier alpha value is -0.460. The molecule has 1 aliphatic heterocycles. The highest BCUT2D eigenvalue weighted by molar-refractivity contribution is 7.12. The number of β-amino-alcohol motifs (C(OH)–C–C–N with tert-alkyl or cyclic N) is 1. The van der Waals surface area contributed by atoms with Gasteiger partial charge in [-0.15, -0.1) is 11.3 Å². The maximum Gasteiger partial charge on any atom is 0.0593 e. The van der Waals surface area contributed by atoms with Gasteiger partial charge in [0.1, 0.15) is 0 Å². The fraction of sp³-hybridized carbons (Fsp3) is 0.750. The second-order valence-corrected chi connectivity index (χ2v) is 7.24.